The number of ketones is 1. The summed E-state index contributed by atoms with van der Waals surface area (Å²) in [5.41, 5.74) is 7.73. The molecule has 8 nitrogen and oxygen atoms in total. The molecule has 4 N–H and O–H groups in total. The van der Waals surface area contributed by atoms with Crippen LogP contribution in [0.4, 0.5) is 0 Å². The topological polar surface area (TPSA) is 117 Å². The van der Waals surface area contributed by atoms with E-state index in [0.717, 1.165) is 30.5 Å². The van der Waals surface area contributed by atoms with E-state index in [0.29, 0.717) is 24.4 Å². The van der Waals surface area contributed by atoms with E-state index in [-0.39, 0.29) is 24.1 Å². The highest BCUT2D eigenvalue weighted by atomic mass is 32.1. The van der Waals surface area contributed by atoms with Gasteiger partial charge in [-0.1, -0.05) is 12.7 Å². The highest BCUT2D eigenvalue weighted by molar-refractivity contribution is 7.11. The Kier molecular flexibility index (Phi) is 7.53. The van der Waals surface area contributed by atoms with Crippen LogP contribution in [0.1, 0.15) is 41.9 Å². The number of Topliss-reactive ketones (excluding diaryl/α,β-unsaturated/α-hetero) is 1. The second-order valence-corrected chi connectivity index (χ2v) is 8.24. The molecule has 2 atom stereocenters. The van der Waals surface area contributed by atoms with Crippen molar-refractivity contribution in [2.24, 2.45) is 5.73 Å². The number of allylic oxidation sites excluding steroid dienone is 2. The lowest BCUT2D eigenvalue weighted by molar-refractivity contribution is -0.139. The van der Waals surface area contributed by atoms with E-state index >= 15 is 0 Å². The number of thiazole rings is 1. The summed E-state index contributed by atoms with van der Waals surface area (Å²) in [7, 11) is 0. The Balaban J connectivity index is 1.75. The van der Waals surface area contributed by atoms with Crippen LogP contribution in [0.3, 0.4) is 0 Å². The number of likely N-dealkylation sites (tertiary alicyclic amines) is 1. The van der Waals surface area contributed by atoms with Crippen molar-refractivity contribution in [3.05, 3.63) is 52.8 Å². The third-order valence-electron chi connectivity index (χ3n) is 5.19. The molecule has 1 aliphatic heterocycles. The number of aromatic nitrogens is 1. The van der Waals surface area contributed by atoms with Crippen molar-refractivity contribution < 1.29 is 14.4 Å². The highest BCUT2D eigenvalue weighted by Crippen LogP contribution is 2.24. The Labute approximate surface area is 179 Å². The van der Waals surface area contributed by atoms with E-state index in [4.69, 9.17) is 5.73 Å². The second-order valence-electron chi connectivity index (χ2n) is 7.34. The minimum Gasteiger partial charge on any atom is -0.362 e. The second kappa shape index (κ2) is 10.3. The molecule has 1 aromatic heterocycles. The summed E-state index contributed by atoms with van der Waals surface area (Å²) in [6, 6.07) is -1.33. The smallest absolute Gasteiger partial charge is 0.240 e. The molecule has 2 aliphatic rings. The fourth-order valence-electron chi connectivity index (χ4n) is 3.67. The summed E-state index contributed by atoms with van der Waals surface area (Å²) in [5.74, 6) is -0.839. The lowest BCUT2D eigenvalue weighted by atomic mass is 9.93. The molecule has 3 rings (SSSR count). The zero-order valence-electron chi connectivity index (χ0n) is 16.8. The van der Waals surface area contributed by atoms with Gasteiger partial charge in [0.25, 0.3) is 0 Å². The van der Waals surface area contributed by atoms with Crippen molar-refractivity contribution in [2.45, 2.75) is 44.2 Å². The highest BCUT2D eigenvalue weighted by Gasteiger charge is 2.30. The molecule has 0 radical (unpaired) electrons. The third kappa shape index (κ3) is 5.43. The van der Waals surface area contributed by atoms with Gasteiger partial charge in [0.05, 0.1) is 18.6 Å². The van der Waals surface area contributed by atoms with Crippen molar-refractivity contribution in [3.8, 4) is 0 Å². The molecule has 0 aromatic carbocycles. The van der Waals surface area contributed by atoms with Crippen LogP contribution in [0, 0.1) is 0 Å². The standard InChI is InChI=1S/C21H27N5O3S/c1-2-23-16-8-4-3-6-14(16)12-17(19(28)20-24-9-11-30-20)25-18(27)13-26-10-5-7-15(22)21(26)29/h2,4,8-9,11,15,17,23H,1,3,5-7,10,12-13,22H2,(H,25,27)/t15-,17-/m0/s1. The van der Waals surface area contributed by atoms with Gasteiger partial charge in [-0.3, -0.25) is 14.4 Å². The van der Waals surface area contributed by atoms with Gasteiger partial charge in [0, 0.05) is 23.8 Å². The van der Waals surface area contributed by atoms with Gasteiger partial charge in [0.2, 0.25) is 17.6 Å². The Bertz CT molecular complexity index is 862. The molecule has 0 spiro atoms. The zero-order chi connectivity index (χ0) is 21.5. The normalized spacial score (nSPS) is 20.1. The van der Waals surface area contributed by atoms with Crippen LogP contribution in [0.25, 0.3) is 0 Å². The van der Waals surface area contributed by atoms with Gasteiger partial charge in [0.15, 0.2) is 5.01 Å². The average Bonchev–Trinajstić information content (AvgIpc) is 3.27. The Morgan fingerprint density at radius 2 is 2.30 bits per heavy atom. The Morgan fingerprint density at radius 1 is 1.47 bits per heavy atom. The van der Waals surface area contributed by atoms with Crippen molar-refractivity contribution >= 4 is 28.9 Å². The first-order valence-corrected chi connectivity index (χ1v) is 10.9. The molecule has 1 aromatic rings. The molecular formula is C21H27N5O3S. The molecule has 30 heavy (non-hydrogen) atoms. The van der Waals surface area contributed by atoms with Crippen LogP contribution in [0.15, 0.2) is 47.8 Å². The average molecular weight is 430 g/mol. The summed E-state index contributed by atoms with van der Waals surface area (Å²) in [5, 5.41) is 8.00. The van der Waals surface area contributed by atoms with Gasteiger partial charge in [0.1, 0.15) is 0 Å². The van der Waals surface area contributed by atoms with E-state index < -0.39 is 12.1 Å². The number of hydrogen-bond acceptors (Lipinski definition) is 7. The molecule has 0 bridgehead atoms. The van der Waals surface area contributed by atoms with Gasteiger partial charge < -0.3 is 21.3 Å². The maximum atomic E-state index is 13.0. The van der Waals surface area contributed by atoms with Gasteiger partial charge in [-0.25, -0.2) is 4.98 Å². The summed E-state index contributed by atoms with van der Waals surface area (Å²) >= 11 is 1.24. The van der Waals surface area contributed by atoms with Crippen molar-refractivity contribution in [3.63, 3.8) is 0 Å². The number of nitrogens with one attached hydrogen (secondary N) is 2. The number of nitrogens with zero attached hydrogens (tertiary/aromatic N) is 2. The quantitative estimate of drug-likeness (QED) is 0.512. The maximum absolute atomic E-state index is 13.0. The number of nitrogens with two attached hydrogens (primary N) is 1. The van der Waals surface area contributed by atoms with Crippen LogP contribution in [-0.2, 0) is 9.59 Å². The number of carbonyl (C=O) groups excluding carboxylic acids is 3. The summed E-state index contributed by atoms with van der Waals surface area (Å²) in [6.07, 6.45) is 10.6. The largest absolute Gasteiger partial charge is 0.362 e. The Morgan fingerprint density at radius 3 is 3.03 bits per heavy atom. The van der Waals surface area contributed by atoms with Crippen LogP contribution in [0.5, 0.6) is 0 Å². The van der Waals surface area contributed by atoms with Crippen LogP contribution in [-0.4, -0.2) is 52.7 Å². The minimum atomic E-state index is -0.764. The molecule has 1 fully saturated rings. The Hall–Kier alpha value is -2.78. The predicted octanol–water partition coefficient (Wildman–Crippen LogP) is 1.49. The first-order valence-electron chi connectivity index (χ1n) is 10.0. The van der Waals surface area contributed by atoms with E-state index in [2.05, 4.69) is 28.3 Å². The lowest BCUT2D eigenvalue weighted by Gasteiger charge is -2.30. The molecule has 2 amide bonds. The number of hydrogen-bond donors (Lipinski definition) is 3. The summed E-state index contributed by atoms with van der Waals surface area (Å²) in [6.45, 7) is 4.09. The van der Waals surface area contributed by atoms with Gasteiger partial charge in [-0.05, 0) is 50.0 Å². The van der Waals surface area contributed by atoms with Gasteiger partial charge in [-0.15, -0.1) is 11.3 Å². The molecule has 0 saturated carbocycles. The van der Waals surface area contributed by atoms with Crippen molar-refractivity contribution in [2.75, 3.05) is 13.1 Å². The van der Waals surface area contributed by atoms with Crippen LogP contribution >= 0.6 is 11.3 Å². The molecule has 1 saturated heterocycles. The molecule has 0 unspecified atom stereocenters. The van der Waals surface area contributed by atoms with E-state index in [1.165, 1.54) is 16.2 Å². The lowest BCUT2D eigenvalue weighted by Crippen LogP contribution is -2.53. The van der Waals surface area contributed by atoms with Crippen LogP contribution in [0.2, 0.25) is 0 Å². The monoisotopic (exact) mass is 429 g/mol. The first kappa shape index (κ1) is 21.9. The predicted molar refractivity (Wildman–Crippen MR) is 116 cm³/mol. The molecule has 160 valence electrons. The fraction of sp³-hybridized carbons (Fsp3) is 0.429. The SMILES string of the molecule is C=CNC1=C(C[C@H](NC(=O)CN2CCC[C@H](N)C2=O)C(=O)c2nccs2)CCC=C1. The number of carbonyl (C=O) groups is 3. The number of amides is 2. The van der Waals surface area contributed by atoms with Crippen molar-refractivity contribution in [1.82, 2.24) is 20.5 Å². The third-order valence-corrected chi connectivity index (χ3v) is 5.98. The summed E-state index contributed by atoms with van der Waals surface area (Å²) in [4.78, 5) is 43.5. The molecule has 1 aliphatic carbocycles. The van der Waals surface area contributed by atoms with E-state index in [9.17, 15) is 14.4 Å². The molecule has 9 heteroatoms. The molecular weight excluding hydrogens is 402 g/mol. The number of rotatable bonds is 9. The number of piperidine rings is 1. The fourth-order valence-corrected chi connectivity index (χ4v) is 4.30. The summed E-state index contributed by atoms with van der Waals surface area (Å²) < 4.78 is 0. The molecule has 2 heterocycles. The van der Waals surface area contributed by atoms with Gasteiger partial charge >= 0.3 is 0 Å². The van der Waals surface area contributed by atoms with Crippen LogP contribution < -0.4 is 16.4 Å². The maximum Gasteiger partial charge on any atom is 0.240 e. The van der Waals surface area contributed by atoms with E-state index in [1.807, 2.05) is 6.08 Å². The van der Waals surface area contributed by atoms with Gasteiger partial charge in [-0.2, -0.15) is 0 Å². The minimum absolute atomic E-state index is 0.106. The van der Waals surface area contributed by atoms with E-state index in [1.54, 1.807) is 17.8 Å². The first-order chi connectivity index (χ1) is 14.5. The van der Waals surface area contributed by atoms with Crippen molar-refractivity contribution in [1.29, 1.82) is 0 Å². The zero-order valence-corrected chi connectivity index (χ0v) is 17.6.